The van der Waals surface area contributed by atoms with E-state index in [2.05, 4.69) is 35.8 Å². The van der Waals surface area contributed by atoms with Crippen LogP contribution in [0.25, 0.3) is 11.1 Å². The zero-order valence-electron chi connectivity index (χ0n) is 19.9. The standard InChI is InChI=1S/C25H29N3O5S/c1-25(2,3)21-14-20(19-7-6-12-26-24(19)30)17(13-22(21)33-4)15-27-23(29)16-8-10-18(11-9-16)28-34(5,31)32/h6-14,28H,15H2,1-5H3,(H,26,30)(H,27,29). The molecule has 34 heavy (non-hydrogen) atoms. The van der Waals surface area contributed by atoms with E-state index in [0.717, 1.165) is 17.4 Å². The van der Waals surface area contributed by atoms with Crippen molar-refractivity contribution in [3.8, 4) is 16.9 Å². The van der Waals surface area contributed by atoms with Crippen molar-refractivity contribution in [2.45, 2.75) is 32.7 Å². The Kier molecular flexibility index (Phi) is 7.16. The summed E-state index contributed by atoms with van der Waals surface area (Å²) in [5, 5.41) is 2.88. The summed E-state index contributed by atoms with van der Waals surface area (Å²) in [7, 11) is -1.81. The molecule has 3 aromatic rings. The van der Waals surface area contributed by atoms with Gasteiger partial charge in [0.15, 0.2) is 0 Å². The molecule has 8 nitrogen and oxygen atoms in total. The van der Waals surface area contributed by atoms with Crippen LogP contribution in [-0.2, 0) is 22.0 Å². The summed E-state index contributed by atoms with van der Waals surface area (Å²) in [6, 6.07) is 13.4. The van der Waals surface area contributed by atoms with Gasteiger partial charge >= 0.3 is 0 Å². The molecule has 3 rings (SSSR count). The van der Waals surface area contributed by atoms with E-state index in [1.165, 1.54) is 24.3 Å². The van der Waals surface area contributed by atoms with E-state index in [1.54, 1.807) is 25.4 Å². The molecule has 1 heterocycles. The van der Waals surface area contributed by atoms with Gasteiger partial charge in [-0.1, -0.05) is 20.8 Å². The van der Waals surface area contributed by atoms with Crippen molar-refractivity contribution in [2.75, 3.05) is 18.1 Å². The summed E-state index contributed by atoms with van der Waals surface area (Å²) in [5.74, 6) is 0.335. The topological polar surface area (TPSA) is 117 Å². The van der Waals surface area contributed by atoms with E-state index in [9.17, 15) is 18.0 Å². The van der Waals surface area contributed by atoms with E-state index in [0.29, 0.717) is 28.1 Å². The molecule has 0 aliphatic heterocycles. The van der Waals surface area contributed by atoms with Crippen LogP contribution in [0.4, 0.5) is 5.69 Å². The number of hydrogen-bond acceptors (Lipinski definition) is 5. The van der Waals surface area contributed by atoms with Gasteiger partial charge in [0.2, 0.25) is 10.0 Å². The third-order valence-corrected chi connectivity index (χ3v) is 5.84. The minimum Gasteiger partial charge on any atom is -0.496 e. The number of sulfonamides is 1. The van der Waals surface area contributed by atoms with Gasteiger partial charge in [-0.05, 0) is 65.1 Å². The number of aromatic amines is 1. The number of rotatable bonds is 7. The largest absolute Gasteiger partial charge is 0.496 e. The van der Waals surface area contributed by atoms with Gasteiger partial charge in [0.05, 0.1) is 13.4 Å². The average molecular weight is 484 g/mol. The number of hydrogen-bond donors (Lipinski definition) is 3. The maximum atomic E-state index is 12.8. The Labute approximate surface area is 199 Å². The summed E-state index contributed by atoms with van der Waals surface area (Å²) in [5.41, 5.74) is 3.16. The normalized spacial score (nSPS) is 11.7. The molecule has 1 aromatic heterocycles. The number of pyridine rings is 1. The molecule has 2 aromatic carbocycles. The van der Waals surface area contributed by atoms with E-state index in [1.807, 2.05) is 12.1 Å². The Morgan fingerprint density at radius 3 is 2.29 bits per heavy atom. The molecule has 180 valence electrons. The molecule has 0 saturated heterocycles. The highest BCUT2D eigenvalue weighted by Crippen LogP contribution is 2.36. The van der Waals surface area contributed by atoms with Gasteiger partial charge in [-0.25, -0.2) is 8.42 Å². The number of H-pyrrole nitrogens is 1. The number of carbonyl (C=O) groups is 1. The Hall–Kier alpha value is -3.59. The van der Waals surface area contributed by atoms with Crippen LogP contribution in [-0.4, -0.2) is 32.7 Å². The number of amides is 1. The molecule has 0 radical (unpaired) electrons. The van der Waals surface area contributed by atoms with E-state index < -0.39 is 10.0 Å². The summed E-state index contributed by atoms with van der Waals surface area (Å²) in [4.78, 5) is 28.0. The van der Waals surface area contributed by atoms with Crippen molar-refractivity contribution in [3.05, 3.63) is 81.8 Å². The molecule has 0 fully saturated rings. The maximum absolute atomic E-state index is 12.8. The summed E-state index contributed by atoms with van der Waals surface area (Å²) in [6.45, 7) is 6.35. The van der Waals surface area contributed by atoms with Crippen LogP contribution in [0.1, 0.15) is 42.3 Å². The van der Waals surface area contributed by atoms with Gasteiger partial charge in [0.25, 0.3) is 11.5 Å². The van der Waals surface area contributed by atoms with Crippen LogP contribution in [0.15, 0.2) is 59.5 Å². The third-order valence-electron chi connectivity index (χ3n) is 5.23. The fourth-order valence-electron chi connectivity index (χ4n) is 3.59. The zero-order valence-corrected chi connectivity index (χ0v) is 20.7. The molecule has 0 spiro atoms. The second-order valence-corrected chi connectivity index (χ2v) is 10.8. The number of carbonyl (C=O) groups excluding carboxylic acids is 1. The van der Waals surface area contributed by atoms with Crippen molar-refractivity contribution in [1.29, 1.82) is 0 Å². The average Bonchev–Trinajstić information content (AvgIpc) is 2.76. The van der Waals surface area contributed by atoms with Crippen LogP contribution in [0.5, 0.6) is 5.75 Å². The summed E-state index contributed by atoms with van der Waals surface area (Å²) < 4.78 is 30.7. The third kappa shape index (κ3) is 6.05. The first-order valence-corrected chi connectivity index (χ1v) is 12.5. The maximum Gasteiger partial charge on any atom is 0.255 e. The lowest BCUT2D eigenvalue weighted by atomic mass is 9.83. The lowest BCUT2D eigenvalue weighted by Crippen LogP contribution is -2.24. The zero-order chi connectivity index (χ0) is 25.1. The minimum atomic E-state index is -3.40. The minimum absolute atomic E-state index is 0.159. The highest BCUT2D eigenvalue weighted by Gasteiger charge is 2.23. The predicted molar refractivity (Wildman–Crippen MR) is 134 cm³/mol. The lowest BCUT2D eigenvalue weighted by molar-refractivity contribution is 0.0951. The number of anilines is 1. The van der Waals surface area contributed by atoms with E-state index in [4.69, 9.17) is 4.74 Å². The molecule has 9 heteroatoms. The first-order valence-electron chi connectivity index (χ1n) is 10.6. The number of aromatic nitrogens is 1. The first kappa shape index (κ1) is 25.0. The Morgan fingerprint density at radius 1 is 1.06 bits per heavy atom. The monoisotopic (exact) mass is 483 g/mol. The molecular formula is C25H29N3O5S. The Balaban J connectivity index is 1.94. The Morgan fingerprint density at radius 2 is 1.74 bits per heavy atom. The quantitative estimate of drug-likeness (QED) is 0.474. The molecular weight excluding hydrogens is 454 g/mol. The van der Waals surface area contributed by atoms with Crippen molar-refractivity contribution < 1.29 is 17.9 Å². The molecule has 0 aliphatic rings. The van der Waals surface area contributed by atoms with E-state index in [-0.39, 0.29) is 23.4 Å². The number of benzene rings is 2. The van der Waals surface area contributed by atoms with Crippen LogP contribution >= 0.6 is 0 Å². The van der Waals surface area contributed by atoms with Gasteiger partial charge in [-0.15, -0.1) is 0 Å². The van der Waals surface area contributed by atoms with Crippen molar-refractivity contribution in [2.24, 2.45) is 0 Å². The second kappa shape index (κ2) is 9.72. The van der Waals surface area contributed by atoms with Crippen LogP contribution in [0.3, 0.4) is 0 Å². The number of ether oxygens (including phenoxy) is 1. The van der Waals surface area contributed by atoms with Gasteiger partial charge in [0.1, 0.15) is 5.75 Å². The second-order valence-electron chi connectivity index (χ2n) is 9.01. The molecule has 1 amide bonds. The van der Waals surface area contributed by atoms with Crippen molar-refractivity contribution in [1.82, 2.24) is 10.3 Å². The lowest BCUT2D eigenvalue weighted by Gasteiger charge is -2.24. The molecule has 0 aliphatic carbocycles. The van der Waals surface area contributed by atoms with Gasteiger partial charge in [-0.3, -0.25) is 14.3 Å². The Bertz CT molecular complexity index is 1350. The van der Waals surface area contributed by atoms with Crippen molar-refractivity contribution >= 4 is 21.6 Å². The van der Waals surface area contributed by atoms with Crippen molar-refractivity contribution in [3.63, 3.8) is 0 Å². The van der Waals surface area contributed by atoms with Gasteiger partial charge in [0, 0.05) is 35.1 Å². The van der Waals surface area contributed by atoms with Gasteiger partial charge in [-0.2, -0.15) is 0 Å². The predicted octanol–water partition coefficient (Wildman–Crippen LogP) is 3.65. The van der Waals surface area contributed by atoms with Crippen LogP contribution < -0.4 is 20.3 Å². The molecule has 0 unspecified atom stereocenters. The smallest absolute Gasteiger partial charge is 0.255 e. The molecule has 3 N–H and O–H groups in total. The molecule has 0 atom stereocenters. The number of methoxy groups -OCH3 is 1. The summed E-state index contributed by atoms with van der Waals surface area (Å²) in [6.07, 6.45) is 2.63. The highest BCUT2D eigenvalue weighted by atomic mass is 32.2. The fourth-order valence-corrected chi connectivity index (χ4v) is 4.15. The van der Waals surface area contributed by atoms with Gasteiger partial charge < -0.3 is 15.0 Å². The SMILES string of the molecule is COc1cc(CNC(=O)c2ccc(NS(C)(=O)=O)cc2)c(-c2ccc[nH]c2=O)cc1C(C)(C)C. The highest BCUT2D eigenvalue weighted by molar-refractivity contribution is 7.92. The fraction of sp³-hybridized carbons (Fsp3) is 0.280. The first-order chi connectivity index (χ1) is 15.9. The number of nitrogens with one attached hydrogen (secondary N) is 3. The summed E-state index contributed by atoms with van der Waals surface area (Å²) >= 11 is 0. The van der Waals surface area contributed by atoms with Crippen LogP contribution in [0, 0.1) is 0 Å². The van der Waals surface area contributed by atoms with Crippen LogP contribution in [0.2, 0.25) is 0 Å². The van der Waals surface area contributed by atoms with E-state index >= 15 is 0 Å². The molecule has 0 saturated carbocycles. The molecule has 0 bridgehead atoms.